The van der Waals surface area contributed by atoms with Crippen molar-refractivity contribution in [2.24, 2.45) is 0 Å². The van der Waals surface area contributed by atoms with Crippen LogP contribution >= 0.6 is 11.3 Å². The van der Waals surface area contributed by atoms with Crippen molar-refractivity contribution in [3.05, 3.63) is 11.1 Å². The second-order valence-electron chi connectivity index (χ2n) is 4.75. The minimum absolute atomic E-state index is 0.146. The maximum absolute atomic E-state index is 12.0. The molecule has 0 aliphatic carbocycles. The number of carbonyl (C=O) groups excluding carboxylic acids is 1. The Morgan fingerprint density at radius 3 is 2.65 bits per heavy atom. The minimum Gasteiger partial charge on any atom is -0.598 e. The van der Waals surface area contributed by atoms with E-state index in [-0.39, 0.29) is 5.25 Å². The number of carbonyl (C=O) groups is 1. The van der Waals surface area contributed by atoms with E-state index in [0.29, 0.717) is 5.69 Å². The van der Waals surface area contributed by atoms with Crippen LogP contribution in [0.1, 0.15) is 24.3 Å². The molecule has 1 aromatic heterocycles. The van der Waals surface area contributed by atoms with Crippen molar-refractivity contribution < 1.29 is 14.1 Å². The highest BCUT2D eigenvalue weighted by atomic mass is 32.2. The van der Waals surface area contributed by atoms with E-state index in [1.165, 1.54) is 18.4 Å². The van der Waals surface area contributed by atoms with Crippen molar-refractivity contribution in [2.45, 2.75) is 19.1 Å². The predicted molar refractivity (Wildman–Crippen MR) is 80.5 cm³/mol. The zero-order valence-corrected chi connectivity index (χ0v) is 13.5. The summed E-state index contributed by atoms with van der Waals surface area (Å²) in [5, 5.41) is 2.67. The Bertz CT molecular complexity index is 459. The number of methoxy groups -OCH3 is 1. The van der Waals surface area contributed by atoms with Crippen LogP contribution < -0.4 is 4.90 Å². The molecule has 2 heterocycles. The normalized spacial score (nSPS) is 18.4. The summed E-state index contributed by atoms with van der Waals surface area (Å²) in [4.78, 5) is 17.8. The molecule has 112 valence electrons. The Kier molecular flexibility index (Phi) is 5.25. The third kappa shape index (κ3) is 3.43. The van der Waals surface area contributed by atoms with E-state index in [1.807, 2.05) is 18.2 Å². The molecule has 1 fully saturated rings. The fourth-order valence-electron chi connectivity index (χ4n) is 1.97. The molecule has 0 amide bonds. The van der Waals surface area contributed by atoms with Gasteiger partial charge in [0, 0.05) is 29.8 Å². The van der Waals surface area contributed by atoms with Gasteiger partial charge in [-0.25, -0.2) is 9.78 Å². The largest absolute Gasteiger partial charge is 0.598 e. The lowest BCUT2D eigenvalue weighted by Gasteiger charge is -2.35. The first-order chi connectivity index (χ1) is 9.52. The molecule has 0 N–H and O–H groups in total. The molecule has 1 saturated heterocycles. The first kappa shape index (κ1) is 15.6. The SMILES string of the molecule is COC(=O)c1csc(N2CCN([S+]([O-])C(C)C)CC2)n1. The molecule has 0 radical (unpaired) electrons. The number of anilines is 1. The molecule has 1 atom stereocenters. The van der Waals surface area contributed by atoms with Gasteiger partial charge in [0.15, 0.2) is 10.8 Å². The molecule has 1 aliphatic rings. The molecular formula is C12H19N3O3S2. The van der Waals surface area contributed by atoms with Crippen LogP contribution in [-0.4, -0.2) is 58.4 Å². The Hall–Kier alpha value is -0.830. The van der Waals surface area contributed by atoms with E-state index in [4.69, 9.17) is 0 Å². The summed E-state index contributed by atoms with van der Waals surface area (Å²) in [7, 11) is 1.35. The number of esters is 1. The molecule has 1 aromatic rings. The molecule has 6 nitrogen and oxygen atoms in total. The van der Waals surface area contributed by atoms with Gasteiger partial charge in [0.1, 0.15) is 5.25 Å². The first-order valence-corrected chi connectivity index (χ1v) is 8.52. The zero-order valence-electron chi connectivity index (χ0n) is 11.9. The predicted octanol–water partition coefficient (Wildman–Crippen LogP) is 1.12. The fraction of sp³-hybridized carbons (Fsp3) is 0.667. The number of nitrogens with zero attached hydrogens (tertiary/aromatic N) is 3. The van der Waals surface area contributed by atoms with E-state index < -0.39 is 17.3 Å². The van der Waals surface area contributed by atoms with Gasteiger partial charge in [0.05, 0.1) is 20.2 Å². The van der Waals surface area contributed by atoms with Gasteiger partial charge in [-0.05, 0) is 13.8 Å². The summed E-state index contributed by atoms with van der Waals surface area (Å²) in [6.45, 7) is 6.97. The smallest absolute Gasteiger partial charge is 0.357 e. The Morgan fingerprint density at radius 2 is 2.10 bits per heavy atom. The van der Waals surface area contributed by atoms with Gasteiger partial charge in [-0.2, -0.15) is 0 Å². The zero-order chi connectivity index (χ0) is 14.7. The molecule has 8 heteroatoms. The molecule has 2 rings (SSSR count). The van der Waals surface area contributed by atoms with Crippen molar-refractivity contribution in [3.63, 3.8) is 0 Å². The van der Waals surface area contributed by atoms with E-state index in [2.05, 4.69) is 14.6 Å². The maximum atomic E-state index is 12.0. The monoisotopic (exact) mass is 317 g/mol. The summed E-state index contributed by atoms with van der Waals surface area (Å²) in [6, 6.07) is 0. The topological polar surface area (TPSA) is 68.7 Å². The van der Waals surface area contributed by atoms with E-state index >= 15 is 0 Å². The summed E-state index contributed by atoms with van der Waals surface area (Å²) in [5.41, 5.74) is 0.348. The average molecular weight is 317 g/mol. The molecule has 0 saturated carbocycles. The number of rotatable bonds is 4. The highest BCUT2D eigenvalue weighted by molar-refractivity contribution is 7.89. The maximum Gasteiger partial charge on any atom is 0.357 e. The van der Waals surface area contributed by atoms with Crippen molar-refractivity contribution >= 4 is 33.8 Å². The van der Waals surface area contributed by atoms with Gasteiger partial charge in [0.2, 0.25) is 0 Å². The molecule has 20 heavy (non-hydrogen) atoms. The number of piperazine rings is 1. The number of ether oxygens (including phenoxy) is 1. The summed E-state index contributed by atoms with van der Waals surface area (Å²) in [6.07, 6.45) is 0. The van der Waals surface area contributed by atoms with Crippen LogP contribution in [0.5, 0.6) is 0 Å². The van der Waals surface area contributed by atoms with Crippen LogP contribution in [0.2, 0.25) is 0 Å². The molecule has 1 unspecified atom stereocenters. The van der Waals surface area contributed by atoms with Crippen molar-refractivity contribution in [1.29, 1.82) is 0 Å². The van der Waals surface area contributed by atoms with E-state index in [9.17, 15) is 9.35 Å². The summed E-state index contributed by atoms with van der Waals surface area (Å²) in [5.74, 6) is -0.410. The number of hydrogen-bond donors (Lipinski definition) is 0. The highest BCUT2D eigenvalue weighted by Gasteiger charge is 2.29. The second-order valence-corrected chi connectivity index (χ2v) is 7.60. The van der Waals surface area contributed by atoms with Crippen molar-refractivity contribution in [3.8, 4) is 0 Å². The number of hydrogen-bond acceptors (Lipinski definition) is 7. The Morgan fingerprint density at radius 1 is 1.45 bits per heavy atom. The van der Waals surface area contributed by atoms with Gasteiger partial charge < -0.3 is 14.2 Å². The van der Waals surface area contributed by atoms with Crippen LogP contribution in [-0.2, 0) is 16.1 Å². The Labute approximate surface area is 126 Å². The summed E-state index contributed by atoms with van der Waals surface area (Å²) >= 11 is 0.518. The van der Waals surface area contributed by atoms with Crippen LogP contribution in [0.4, 0.5) is 5.13 Å². The van der Waals surface area contributed by atoms with Gasteiger partial charge in [-0.1, -0.05) is 0 Å². The molecular weight excluding hydrogens is 298 g/mol. The third-order valence-electron chi connectivity index (χ3n) is 3.05. The number of aromatic nitrogens is 1. The standard InChI is InChI=1S/C12H19N3O3S2/c1-9(2)20(17)15-6-4-14(5-7-15)12-13-10(8-19-12)11(16)18-3/h8-9H,4-7H2,1-3H3. The third-order valence-corrected chi connectivity index (χ3v) is 5.64. The average Bonchev–Trinajstić information content (AvgIpc) is 2.95. The van der Waals surface area contributed by atoms with Gasteiger partial charge in [0.25, 0.3) is 0 Å². The highest BCUT2D eigenvalue weighted by Crippen LogP contribution is 2.23. The van der Waals surface area contributed by atoms with E-state index in [1.54, 1.807) is 5.38 Å². The van der Waals surface area contributed by atoms with Crippen LogP contribution in [0.3, 0.4) is 0 Å². The molecule has 0 aromatic carbocycles. The van der Waals surface area contributed by atoms with Crippen molar-refractivity contribution in [2.75, 3.05) is 38.2 Å². The van der Waals surface area contributed by atoms with E-state index in [0.717, 1.165) is 31.3 Å². The number of thiazole rings is 1. The van der Waals surface area contributed by atoms with Crippen molar-refractivity contribution in [1.82, 2.24) is 9.29 Å². The lowest BCUT2D eigenvalue weighted by molar-refractivity contribution is 0.0595. The quantitative estimate of drug-likeness (QED) is 0.612. The first-order valence-electron chi connectivity index (χ1n) is 6.47. The van der Waals surface area contributed by atoms with Crippen LogP contribution in [0, 0.1) is 0 Å². The minimum atomic E-state index is -0.918. The lowest BCUT2D eigenvalue weighted by Crippen LogP contribution is -2.50. The van der Waals surface area contributed by atoms with Crippen LogP contribution in [0.15, 0.2) is 5.38 Å². The van der Waals surface area contributed by atoms with Gasteiger partial charge in [-0.3, -0.25) is 0 Å². The molecule has 0 spiro atoms. The van der Waals surface area contributed by atoms with Gasteiger partial charge in [-0.15, -0.1) is 15.6 Å². The summed E-state index contributed by atoms with van der Waals surface area (Å²) < 4.78 is 18.7. The Balaban J connectivity index is 1.94. The lowest BCUT2D eigenvalue weighted by atomic mass is 10.4. The molecule has 0 bridgehead atoms. The van der Waals surface area contributed by atoms with Crippen LogP contribution in [0.25, 0.3) is 0 Å². The molecule has 1 aliphatic heterocycles. The fourth-order valence-corrected chi connectivity index (χ4v) is 3.93. The second kappa shape index (κ2) is 6.75. The van der Waals surface area contributed by atoms with Gasteiger partial charge >= 0.3 is 5.97 Å².